The van der Waals surface area contributed by atoms with Gasteiger partial charge in [0.2, 0.25) is 5.91 Å². The Labute approximate surface area is 169 Å². The van der Waals surface area contributed by atoms with Crippen LogP contribution in [-0.2, 0) is 14.8 Å². The first-order valence-corrected chi connectivity index (χ1v) is 10.4. The first-order chi connectivity index (χ1) is 13.4. The highest BCUT2D eigenvalue weighted by atomic mass is 35.5. The predicted molar refractivity (Wildman–Crippen MR) is 112 cm³/mol. The fourth-order valence-electron chi connectivity index (χ4n) is 2.62. The molecule has 1 amide bonds. The van der Waals surface area contributed by atoms with Crippen LogP contribution in [0.25, 0.3) is 0 Å². The lowest BCUT2D eigenvalue weighted by molar-refractivity contribution is -0.114. The number of hydrogen-bond acceptors (Lipinski definition) is 3. The number of hydrogen-bond donors (Lipinski definition) is 1. The van der Waals surface area contributed by atoms with Crippen LogP contribution in [0.1, 0.15) is 5.56 Å². The first kappa shape index (κ1) is 19.9. The van der Waals surface area contributed by atoms with Crippen molar-refractivity contribution in [3.8, 4) is 0 Å². The minimum Gasteiger partial charge on any atom is -0.325 e. The molecule has 3 aromatic carbocycles. The summed E-state index contributed by atoms with van der Waals surface area (Å²) in [6.45, 7) is 1.44. The Morgan fingerprint density at radius 3 is 2.18 bits per heavy atom. The molecule has 0 aliphatic carbocycles. The van der Waals surface area contributed by atoms with E-state index in [1.54, 1.807) is 60.7 Å². The lowest BCUT2D eigenvalue weighted by Crippen LogP contribution is -2.38. The highest BCUT2D eigenvalue weighted by Crippen LogP contribution is 2.28. The highest BCUT2D eigenvalue weighted by Gasteiger charge is 2.27. The molecule has 0 spiro atoms. The minimum absolute atomic E-state index is 0.0965. The third-order valence-electron chi connectivity index (χ3n) is 4.12. The maximum atomic E-state index is 13.2. The molecule has 0 unspecified atom stereocenters. The molecule has 0 radical (unpaired) electrons. The molecule has 144 valence electrons. The van der Waals surface area contributed by atoms with Gasteiger partial charge < -0.3 is 5.32 Å². The number of amides is 1. The highest BCUT2D eigenvalue weighted by molar-refractivity contribution is 7.92. The summed E-state index contributed by atoms with van der Waals surface area (Å²) >= 11 is 6.20. The van der Waals surface area contributed by atoms with E-state index in [-0.39, 0.29) is 11.4 Å². The number of aryl methyl sites for hydroxylation is 1. The van der Waals surface area contributed by atoms with Crippen LogP contribution in [0.5, 0.6) is 0 Å². The standard InChI is InChI=1S/C21H19ClN2O3S/c1-16-12-13-18(14-20(16)22)24(28(26,27)19-10-6-3-7-11-19)15-21(25)23-17-8-4-2-5-9-17/h2-14H,15H2,1H3,(H,23,25). The van der Waals surface area contributed by atoms with E-state index in [4.69, 9.17) is 11.6 Å². The van der Waals surface area contributed by atoms with Crippen LogP contribution < -0.4 is 9.62 Å². The van der Waals surface area contributed by atoms with Crippen molar-refractivity contribution in [3.05, 3.63) is 89.4 Å². The van der Waals surface area contributed by atoms with Crippen molar-refractivity contribution in [2.24, 2.45) is 0 Å². The van der Waals surface area contributed by atoms with Crippen LogP contribution in [0.2, 0.25) is 5.02 Å². The van der Waals surface area contributed by atoms with Gasteiger partial charge in [0.15, 0.2) is 0 Å². The number of nitrogens with zero attached hydrogens (tertiary/aromatic N) is 1. The lowest BCUT2D eigenvalue weighted by Gasteiger charge is -2.24. The van der Waals surface area contributed by atoms with Crippen LogP contribution in [-0.4, -0.2) is 20.9 Å². The molecular weight excluding hydrogens is 396 g/mol. The summed E-state index contributed by atoms with van der Waals surface area (Å²) in [4.78, 5) is 12.7. The van der Waals surface area contributed by atoms with Gasteiger partial charge in [0, 0.05) is 10.7 Å². The van der Waals surface area contributed by atoms with Crippen molar-refractivity contribution in [3.63, 3.8) is 0 Å². The molecular formula is C21H19ClN2O3S. The van der Waals surface area contributed by atoms with Crippen LogP contribution >= 0.6 is 11.6 Å². The first-order valence-electron chi connectivity index (χ1n) is 8.57. The maximum Gasteiger partial charge on any atom is 0.264 e. The monoisotopic (exact) mass is 414 g/mol. The number of halogens is 1. The van der Waals surface area contributed by atoms with E-state index < -0.39 is 15.9 Å². The average Bonchev–Trinajstić information content (AvgIpc) is 2.70. The molecule has 0 bridgehead atoms. The van der Waals surface area contributed by atoms with Crippen molar-refractivity contribution in [2.45, 2.75) is 11.8 Å². The molecule has 3 aromatic rings. The van der Waals surface area contributed by atoms with Gasteiger partial charge in [-0.05, 0) is 48.9 Å². The van der Waals surface area contributed by atoms with Crippen LogP contribution in [0.3, 0.4) is 0 Å². The molecule has 5 nitrogen and oxygen atoms in total. The predicted octanol–water partition coefficient (Wildman–Crippen LogP) is 4.48. The molecule has 0 aliphatic rings. The Balaban J connectivity index is 1.97. The number of para-hydroxylation sites is 1. The molecule has 0 aromatic heterocycles. The Morgan fingerprint density at radius 2 is 1.57 bits per heavy atom. The molecule has 3 rings (SSSR count). The molecule has 0 atom stereocenters. The van der Waals surface area contributed by atoms with Gasteiger partial charge in [-0.3, -0.25) is 9.10 Å². The third kappa shape index (κ3) is 4.52. The summed E-state index contributed by atoms with van der Waals surface area (Å²) in [5.41, 5.74) is 1.73. The van der Waals surface area contributed by atoms with E-state index in [1.165, 1.54) is 12.1 Å². The number of nitrogens with one attached hydrogen (secondary N) is 1. The molecule has 1 N–H and O–H groups in total. The zero-order valence-corrected chi connectivity index (χ0v) is 16.7. The van der Waals surface area contributed by atoms with Crippen molar-refractivity contribution < 1.29 is 13.2 Å². The summed E-state index contributed by atoms with van der Waals surface area (Å²) in [5, 5.41) is 3.14. The summed E-state index contributed by atoms with van der Waals surface area (Å²) in [6, 6.07) is 21.8. The van der Waals surface area contributed by atoms with Crippen molar-refractivity contribution in [2.75, 3.05) is 16.2 Å². The summed E-state index contributed by atoms with van der Waals surface area (Å²) < 4.78 is 27.5. The molecule has 0 saturated carbocycles. The largest absolute Gasteiger partial charge is 0.325 e. The molecule has 28 heavy (non-hydrogen) atoms. The molecule has 0 saturated heterocycles. The van der Waals surface area contributed by atoms with E-state index in [0.29, 0.717) is 16.4 Å². The minimum atomic E-state index is -3.96. The Kier molecular flexibility index (Phi) is 6.02. The number of carbonyl (C=O) groups is 1. The average molecular weight is 415 g/mol. The van der Waals surface area contributed by atoms with E-state index in [0.717, 1.165) is 9.87 Å². The fourth-order valence-corrected chi connectivity index (χ4v) is 4.23. The number of rotatable bonds is 6. The van der Waals surface area contributed by atoms with Crippen LogP contribution in [0.15, 0.2) is 83.8 Å². The van der Waals surface area contributed by atoms with Gasteiger partial charge in [-0.15, -0.1) is 0 Å². The second-order valence-corrected chi connectivity index (χ2v) is 8.44. The Morgan fingerprint density at radius 1 is 0.964 bits per heavy atom. The fraction of sp³-hybridized carbons (Fsp3) is 0.0952. The molecule has 7 heteroatoms. The number of sulfonamides is 1. The van der Waals surface area contributed by atoms with Gasteiger partial charge in [-0.2, -0.15) is 0 Å². The van der Waals surface area contributed by atoms with E-state index in [2.05, 4.69) is 5.32 Å². The van der Waals surface area contributed by atoms with E-state index in [1.807, 2.05) is 13.0 Å². The topological polar surface area (TPSA) is 66.5 Å². The van der Waals surface area contributed by atoms with E-state index >= 15 is 0 Å². The lowest BCUT2D eigenvalue weighted by atomic mass is 10.2. The van der Waals surface area contributed by atoms with Gasteiger partial charge in [-0.1, -0.05) is 54.1 Å². The Hall–Kier alpha value is -2.83. The summed E-state index contributed by atoms with van der Waals surface area (Å²) in [5.74, 6) is -0.456. The van der Waals surface area contributed by atoms with Gasteiger partial charge in [-0.25, -0.2) is 8.42 Å². The smallest absolute Gasteiger partial charge is 0.264 e. The van der Waals surface area contributed by atoms with Gasteiger partial charge in [0.25, 0.3) is 10.0 Å². The normalized spacial score (nSPS) is 11.1. The number of benzene rings is 3. The number of carbonyl (C=O) groups excluding carboxylic acids is 1. The maximum absolute atomic E-state index is 13.2. The van der Waals surface area contributed by atoms with Crippen molar-refractivity contribution in [1.29, 1.82) is 0 Å². The second-order valence-electron chi connectivity index (χ2n) is 6.17. The quantitative estimate of drug-likeness (QED) is 0.646. The van der Waals surface area contributed by atoms with E-state index in [9.17, 15) is 13.2 Å². The second kappa shape index (κ2) is 8.46. The van der Waals surface area contributed by atoms with Crippen molar-refractivity contribution in [1.82, 2.24) is 0 Å². The van der Waals surface area contributed by atoms with Gasteiger partial charge >= 0.3 is 0 Å². The molecule has 0 heterocycles. The third-order valence-corrected chi connectivity index (χ3v) is 6.31. The molecule has 0 aliphatic heterocycles. The zero-order chi connectivity index (χ0) is 20.1. The summed E-state index contributed by atoms with van der Waals surface area (Å²) in [6.07, 6.45) is 0. The summed E-state index contributed by atoms with van der Waals surface area (Å²) in [7, 11) is -3.96. The molecule has 0 fully saturated rings. The van der Waals surface area contributed by atoms with Crippen LogP contribution in [0.4, 0.5) is 11.4 Å². The van der Waals surface area contributed by atoms with Crippen molar-refractivity contribution >= 4 is 38.9 Å². The van der Waals surface area contributed by atoms with Crippen LogP contribution in [0, 0.1) is 6.92 Å². The zero-order valence-electron chi connectivity index (χ0n) is 15.2. The number of anilines is 2. The van der Waals surface area contributed by atoms with Gasteiger partial charge in [0.05, 0.1) is 10.6 Å². The van der Waals surface area contributed by atoms with Gasteiger partial charge in [0.1, 0.15) is 6.54 Å². The Bertz CT molecular complexity index is 1070. The SMILES string of the molecule is Cc1ccc(N(CC(=O)Nc2ccccc2)S(=O)(=O)c2ccccc2)cc1Cl.